The van der Waals surface area contributed by atoms with E-state index in [0.29, 0.717) is 0 Å². The van der Waals surface area contributed by atoms with Crippen LogP contribution >= 0.6 is 0 Å². The summed E-state index contributed by atoms with van der Waals surface area (Å²) in [6, 6.07) is 22.6. The monoisotopic (exact) mass is 272 g/mol. The maximum absolute atomic E-state index is 4.19. The highest BCUT2D eigenvalue weighted by molar-refractivity contribution is 5.88. The van der Waals surface area contributed by atoms with Gasteiger partial charge in [0.15, 0.2) is 0 Å². The number of nitrogens with zero attached hydrogens (tertiary/aromatic N) is 2. The van der Waals surface area contributed by atoms with Gasteiger partial charge in [-0.1, -0.05) is 60.7 Å². The van der Waals surface area contributed by atoms with Gasteiger partial charge in [-0.2, -0.15) is 5.10 Å². The van der Waals surface area contributed by atoms with Crippen LogP contribution < -0.4 is 0 Å². The Morgan fingerprint density at radius 1 is 0.857 bits per heavy atom. The summed E-state index contributed by atoms with van der Waals surface area (Å²) < 4.78 is 1.79. The predicted octanol–water partition coefficient (Wildman–Crippen LogP) is 4.59. The summed E-state index contributed by atoms with van der Waals surface area (Å²) in [6.07, 6.45) is 9.90. The summed E-state index contributed by atoms with van der Waals surface area (Å²) in [4.78, 5) is 0. The van der Waals surface area contributed by atoms with Crippen molar-refractivity contribution in [3.63, 3.8) is 0 Å². The van der Waals surface area contributed by atoms with E-state index < -0.39 is 0 Å². The molecule has 0 radical (unpaired) electrons. The first-order valence-corrected chi connectivity index (χ1v) is 6.91. The molecule has 0 aliphatic carbocycles. The second-order valence-electron chi connectivity index (χ2n) is 4.68. The summed E-state index contributed by atoms with van der Waals surface area (Å²) >= 11 is 0. The predicted molar refractivity (Wildman–Crippen MR) is 88.3 cm³/mol. The molecule has 3 aromatic rings. The summed E-state index contributed by atoms with van der Waals surface area (Å²) in [5, 5.41) is 4.19. The number of allylic oxidation sites excluding steroid dienone is 2. The van der Waals surface area contributed by atoms with Crippen LogP contribution in [0.4, 0.5) is 0 Å². The fraction of sp³-hybridized carbons (Fsp3) is 0. The van der Waals surface area contributed by atoms with Gasteiger partial charge >= 0.3 is 0 Å². The van der Waals surface area contributed by atoms with Crippen LogP contribution in [0.15, 0.2) is 85.2 Å². The van der Waals surface area contributed by atoms with Gasteiger partial charge in [-0.3, -0.25) is 0 Å². The van der Waals surface area contributed by atoms with Gasteiger partial charge in [0, 0.05) is 18.6 Å². The quantitative estimate of drug-likeness (QED) is 0.501. The van der Waals surface area contributed by atoms with E-state index in [1.54, 1.807) is 10.9 Å². The molecule has 0 N–H and O–H groups in total. The minimum Gasteiger partial charge on any atom is -0.248 e. The van der Waals surface area contributed by atoms with Gasteiger partial charge < -0.3 is 0 Å². The number of hydrogen-bond acceptors (Lipinski definition) is 1. The lowest BCUT2D eigenvalue weighted by Gasteiger charge is -2.03. The topological polar surface area (TPSA) is 17.8 Å². The van der Waals surface area contributed by atoms with Crippen molar-refractivity contribution in [1.82, 2.24) is 9.78 Å². The molecule has 0 saturated carbocycles. The van der Waals surface area contributed by atoms with Gasteiger partial charge in [0.05, 0.1) is 0 Å². The molecule has 2 heteroatoms. The maximum atomic E-state index is 4.19. The Kier molecular flexibility index (Phi) is 4.08. The first-order valence-electron chi connectivity index (χ1n) is 6.91. The molecule has 0 aliphatic heterocycles. The minimum atomic E-state index is 1.15. The van der Waals surface area contributed by atoms with Crippen LogP contribution in [0.3, 0.4) is 0 Å². The Balaban J connectivity index is 1.97. The van der Waals surface area contributed by atoms with E-state index in [-0.39, 0.29) is 0 Å². The largest absolute Gasteiger partial charge is 0.248 e. The zero-order chi connectivity index (χ0) is 14.3. The number of hydrogen-bond donors (Lipinski definition) is 0. The highest BCUT2D eigenvalue weighted by Crippen LogP contribution is 2.19. The lowest BCUT2D eigenvalue weighted by atomic mass is 10.0. The molecule has 1 aromatic heterocycles. The molecule has 1 heterocycles. The summed E-state index contributed by atoms with van der Waals surface area (Å²) in [6.45, 7) is 0. The van der Waals surface area contributed by atoms with E-state index in [0.717, 1.165) is 5.57 Å². The highest BCUT2D eigenvalue weighted by Gasteiger charge is 1.98. The molecular formula is C19H16N2. The zero-order valence-corrected chi connectivity index (χ0v) is 11.6. The maximum Gasteiger partial charge on any atom is 0.0493 e. The molecule has 3 rings (SSSR count). The smallest absolute Gasteiger partial charge is 0.0493 e. The number of benzene rings is 2. The van der Waals surface area contributed by atoms with Crippen LogP contribution in [-0.4, -0.2) is 9.78 Å². The SMILES string of the molecule is C(=C/n1cccn1)/C(=C/c1ccccc1)c1ccccc1. The van der Waals surface area contributed by atoms with E-state index in [1.165, 1.54) is 11.1 Å². The fourth-order valence-electron chi connectivity index (χ4n) is 2.11. The molecule has 0 saturated heterocycles. The van der Waals surface area contributed by atoms with Gasteiger partial charge in [0.1, 0.15) is 0 Å². The summed E-state index contributed by atoms with van der Waals surface area (Å²) in [5.74, 6) is 0. The number of aromatic nitrogens is 2. The van der Waals surface area contributed by atoms with Crippen molar-refractivity contribution >= 4 is 17.8 Å². The molecule has 0 spiro atoms. The van der Waals surface area contributed by atoms with Crippen molar-refractivity contribution in [2.24, 2.45) is 0 Å². The lowest BCUT2D eigenvalue weighted by molar-refractivity contribution is 0.935. The Hall–Kier alpha value is -2.87. The molecule has 0 amide bonds. The van der Waals surface area contributed by atoms with Crippen molar-refractivity contribution in [1.29, 1.82) is 0 Å². The van der Waals surface area contributed by atoms with Crippen LogP contribution in [0.5, 0.6) is 0 Å². The van der Waals surface area contributed by atoms with E-state index in [9.17, 15) is 0 Å². The van der Waals surface area contributed by atoms with Crippen molar-refractivity contribution in [2.45, 2.75) is 0 Å². The van der Waals surface area contributed by atoms with Crippen LogP contribution in [0, 0.1) is 0 Å². The second kappa shape index (κ2) is 6.53. The average molecular weight is 272 g/mol. The zero-order valence-electron chi connectivity index (χ0n) is 11.6. The summed E-state index contributed by atoms with van der Waals surface area (Å²) in [7, 11) is 0. The van der Waals surface area contributed by atoms with Crippen molar-refractivity contribution < 1.29 is 0 Å². The van der Waals surface area contributed by atoms with E-state index in [2.05, 4.69) is 53.6 Å². The van der Waals surface area contributed by atoms with Crippen LogP contribution in [0.2, 0.25) is 0 Å². The first-order chi connectivity index (χ1) is 10.4. The molecule has 0 fully saturated rings. The Morgan fingerprint density at radius 2 is 1.57 bits per heavy atom. The fourth-order valence-corrected chi connectivity index (χ4v) is 2.11. The van der Waals surface area contributed by atoms with E-state index in [1.807, 2.05) is 42.7 Å². The Morgan fingerprint density at radius 3 is 2.24 bits per heavy atom. The van der Waals surface area contributed by atoms with Crippen molar-refractivity contribution in [3.8, 4) is 0 Å². The number of rotatable bonds is 4. The average Bonchev–Trinajstić information content (AvgIpc) is 3.07. The summed E-state index contributed by atoms with van der Waals surface area (Å²) in [5.41, 5.74) is 3.52. The minimum absolute atomic E-state index is 1.15. The Labute approximate surface area is 124 Å². The molecule has 2 nitrogen and oxygen atoms in total. The molecule has 0 bridgehead atoms. The van der Waals surface area contributed by atoms with Crippen LogP contribution in [0.1, 0.15) is 11.1 Å². The lowest BCUT2D eigenvalue weighted by Crippen LogP contribution is -1.86. The third-order valence-corrected chi connectivity index (χ3v) is 3.16. The van der Waals surface area contributed by atoms with E-state index in [4.69, 9.17) is 0 Å². The first kappa shape index (κ1) is 13.1. The normalized spacial score (nSPS) is 11.9. The van der Waals surface area contributed by atoms with Gasteiger partial charge in [0.25, 0.3) is 0 Å². The molecule has 21 heavy (non-hydrogen) atoms. The molecule has 2 aromatic carbocycles. The third-order valence-electron chi connectivity index (χ3n) is 3.16. The Bertz CT molecular complexity index is 724. The van der Waals surface area contributed by atoms with Crippen LogP contribution in [-0.2, 0) is 0 Å². The molecule has 0 atom stereocenters. The molecule has 102 valence electrons. The molecule has 0 aliphatic rings. The van der Waals surface area contributed by atoms with Crippen molar-refractivity contribution in [3.05, 3.63) is 96.3 Å². The highest BCUT2D eigenvalue weighted by atomic mass is 15.2. The van der Waals surface area contributed by atoms with E-state index >= 15 is 0 Å². The van der Waals surface area contributed by atoms with Crippen molar-refractivity contribution in [2.75, 3.05) is 0 Å². The second-order valence-corrected chi connectivity index (χ2v) is 4.68. The molecular weight excluding hydrogens is 256 g/mol. The standard InChI is InChI=1S/C19H16N2/c1-3-8-17(9-4-1)16-19(18-10-5-2-6-11-18)12-15-21-14-7-13-20-21/h1-16H/b15-12-,19-16-. The van der Waals surface area contributed by atoms with Gasteiger partial charge in [-0.25, -0.2) is 4.68 Å². The van der Waals surface area contributed by atoms with Gasteiger partial charge in [-0.05, 0) is 34.9 Å². The third kappa shape index (κ3) is 3.57. The van der Waals surface area contributed by atoms with Gasteiger partial charge in [-0.15, -0.1) is 0 Å². The van der Waals surface area contributed by atoms with Gasteiger partial charge in [0.2, 0.25) is 0 Å². The molecule has 0 unspecified atom stereocenters. The van der Waals surface area contributed by atoms with Crippen LogP contribution in [0.25, 0.3) is 17.8 Å².